The molecule has 0 saturated carbocycles. The molecule has 0 amide bonds. The first-order valence-corrected chi connectivity index (χ1v) is 7.47. The fraction of sp³-hybridized carbons (Fsp3) is 0.733. The van der Waals surface area contributed by atoms with Crippen molar-refractivity contribution in [2.24, 2.45) is 5.92 Å². The molecule has 0 atom stereocenters. The Morgan fingerprint density at radius 1 is 1.29 bits per heavy atom. The van der Waals surface area contributed by atoms with Crippen molar-refractivity contribution in [3.8, 4) is 5.88 Å². The van der Waals surface area contributed by atoms with Crippen LogP contribution in [0.1, 0.15) is 33.0 Å². The van der Waals surface area contributed by atoms with Gasteiger partial charge in [-0.2, -0.15) is 4.98 Å². The predicted molar refractivity (Wildman–Crippen MR) is 82.7 cm³/mol. The maximum atomic E-state index is 5.67. The van der Waals surface area contributed by atoms with E-state index in [0.717, 1.165) is 32.0 Å². The molecule has 21 heavy (non-hydrogen) atoms. The summed E-state index contributed by atoms with van der Waals surface area (Å²) in [4.78, 5) is 8.73. The van der Waals surface area contributed by atoms with E-state index in [9.17, 15) is 0 Å². The summed E-state index contributed by atoms with van der Waals surface area (Å²) in [6.45, 7) is 9.49. The minimum absolute atomic E-state index is 0.368. The molecule has 0 bridgehead atoms. The fourth-order valence-electron chi connectivity index (χ4n) is 1.62. The van der Waals surface area contributed by atoms with Crippen molar-refractivity contribution < 1.29 is 14.2 Å². The average Bonchev–Trinajstić information content (AvgIpc) is 2.45. The summed E-state index contributed by atoms with van der Waals surface area (Å²) in [5.41, 5.74) is 0. The number of anilines is 1. The molecule has 1 rings (SSSR count). The number of hydrogen-bond donors (Lipinski definition) is 1. The van der Waals surface area contributed by atoms with Crippen LogP contribution >= 0.6 is 0 Å². The highest BCUT2D eigenvalue weighted by Gasteiger charge is 2.06. The minimum atomic E-state index is 0.368. The second-order valence-corrected chi connectivity index (χ2v) is 5.12. The Balaban J connectivity index is 2.58. The zero-order chi connectivity index (χ0) is 15.5. The highest BCUT2D eigenvalue weighted by Crippen LogP contribution is 2.15. The van der Waals surface area contributed by atoms with Crippen molar-refractivity contribution in [3.63, 3.8) is 0 Å². The molecular formula is C15H27N3O3. The lowest BCUT2D eigenvalue weighted by Crippen LogP contribution is -2.11. The van der Waals surface area contributed by atoms with Crippen LogP contribution in [0.5, 0.6) is 5.88 Å². The summed E-state index contributed by atoms with van der Waals surface area (Å²) in [7, 11) is 1.63. The van der Waals surface area contributed by atoms with Gasteiger partial charge in [0, 0.05) is 32.9 Å². The molecule has 0 aromatic carbocycles. The molecule has 120 valence electrons. The minimum Gasteiger partial charge on any atom is -0.477 e. The van der Waals surface area contributed by atoms with Crippen LogP contribution < -0.4 is 10.1 Å². The lowest BCUT2D eigenvalue weighted by molar-refractivity contribution is 0.147. The zero-order valence-electron chi connectivity index (χ0n) is 13.5. The van der Waals surface area contributed by atoms with Gasteiger partial charge in [-0.3, -0.25) is 0 Å². The van der Waals surface area contributed by atoms with Gasteiger partial charge in [0.25, 0.3) is 0 Å². The molecule has 0 aliphatic heterocycles. The molecular weight excluding hydrogens is 270 g/mol. The molecule has 0 aliphatic carbocycles. The van der Waals surface area contributed by atoms with Crippen molar-refractivity contribution in [1.82, 2.24) is 9.97 Å². The highest BCUT2D eigenvalue weighted by molar-refractivity contribution is 5.38. The van der Waals surface area contributed by atoms with Gasteiger partial charge >= 0.3 is 0 Å². The molecule has 1 N–H and O–H groups in total. The van der Waals surface area contributed by atoms with E-state index in [2.05, 4.69) is 29.1 Å². The first kappa shape index (κ1) is 17.7. The Labute approximate surface area is 127 Å². The second-order valence-electron chi connectivity index (χ2n) is 5.12. The van der Waals surface area contributed by atoms with E-state index in [-0.39, 0.29) is 0 Å². The molecule has 0 aliphatic rings. The molecule has 6 heteroatoms. The van der Waals surface area contributed by atoms with Crippen molar-refractivity contribution >= 4 is 5.82 Å². The standard InChI is InChI=1S/C15H27N3O3/c1-5-20-8-6-7-16-13-9-15(21-10-12(2)3)18-14(17-13)11-19-4/h9,12H,5-8,10-11H2,1-4H3,(H,16,17,18). The Morgan fingerprint density at radius 2 is 2.10 bits per heavy atom. The third-order valence-electron chi connectivity index (χ3n) is 2.56. The number of hydrogen-bond acceptors (Lipinski definition) is 6. The van der Waals surface area contributed by atoms with Crippen LogP contribution in [0.3, 0.4) is 0 Å². The van der Waals surface area contributed by atoms with Crippen LogP contribution in [0.15, 0.2) is 6.07 Å². The summed E-state index contributed by atoms with van der Waals surface area (Å²) in [5.74, 6) is 2.41. The number of rotatable bonds is 11. The van der Waals surface area contributed by atoms with E-state index >= 15 is 0 Å². The highest BCUT2D eigenvalue weighted by atomic mass is 16.5. The summed E-state index contributed by atoms with van der Waals surface area (Å²) in [5, 5.41) is 3.26. The Kier molecular flexibility index (Phi) is 8.69. The first-order valence-electron chi connectivity index (χ1n) is 7.47. The molecule has 1 aromatic heterocycles. The fourth-order valence-corrected chi connectivity index (χ4v) is 1.62. The summed E-state index contributed by atoms with van der Waals surface area (Å²) in [6.07, 6.45) is 0.930. The maximum Gasteiger partial charge on any atom is 0.218 e. The number of aromatic nitrogens is 2. The van der Waals surface area contributed by atoms with Crippen LogP contribution in [0.4, 0.5) is 5.82 Å². The van der Waals surface area contributed by atoms with Crippen molar-refractivity contribution in [2.75, 3.05) is 38.8 Å². The number of methoxy groups -OCH3 is 1. The molecule has 0 spiro atoms. The third-order valence-corrected chi connectivity index (χ3v) is 2.56. The van der Waals surface area contributed by atoms with Gasteiger partial charge in [0.05, 0.1) is 6.61 Å². The monoisotopic (exact) mass is 297 g/mol. The first-order chi connectivity index (χ1) is 10.2. The molecule has 0 unspecified atom stereocenters. The molecule has 0 saturated heterocycles. The van der Waals surface area contributed by atoms with Gasteiger partial charge in [-0.25, -0.2) is 4.98 Å². The van der Waals surface area contributed by atoms with Crippen LogP contribution in [0, 0.1) is 5.92 Å². The van der Waals surface area contributed by atoms with Crippen LogP contribution in [-0.4, -0.2) is 43.4 Å². The summed E-state index contributed by atoms with van der Waals surface area (Å²) in [6, 6.07) is 1.82. The normalized spacial score (nSPS) is 10.9. The predicted octanol–water partition coefficient (Wildman–Crippen LogP) is 2.50. The SMILES string of the molecule is CCOCCCNc1cc(OCC(C)C)nc(COC)n1. The summed E-state index contributed by atoms with van der Waals surface area (Å²) >= 11 is 0. The number of nitrogens with one attached hydrogen (secondary N) is 1. The van der Waals surface area contributed by atoms with E-state index in [0.29, 0.717) is 30.8 Å². The zero-order valence-corrected chi connectivity index (χ0v) is 13.5. The van der Waals surface area contributed by atoms with Crippen LogP contribution in [-0.2, 0) is 16.1 Å². The lowest BCUT2D eigenvalue weighted by Gasteiger charge is -2.12. The largest absolute Gasteiger partial charge is 0.477 e. The molecule has 0 fully saturated rings. The molecule has 6 nitrogen and oxygen atoms in total. The topological polar surface area (TPSA) is 65.5 Å². The van der Waals surface area contributed by atoms with Gasteiger partial charge in [-0.15, -0.1) is 0 Å². The number of ether oxygens (including phenoxy) is 3. The van der Waals surface area contributed by atoms with Crippen molar-refractivity contribution in [2.45, 2.75) is 33.8 Å². The Bertz CT molecular complexity index is 400. The van der Waals surface area contributed by atoms with E-state index in [1.807, 2.05) is 13.0 Å². The van der Waals surface area contributed by atoms with E-state index in [1.54, 1.807) is 7.11 Å². The van der Waals surface area contributed by atoms with E-state index < -0.39 is 0 Å². The van der Waals surface area contributed by atoms with Crippen LogP contribution in [0.25, 0.3) is 0 Å². The maximum absolute atomic E-state index is 5.67. The second kappa shape index (κ2) is 10.3. The van der Waals surface area contributed by atoms with Gasteiger partial charge in [0.15, 0.2) is 5.82 Å². The quantitative estimate of drug-likeness (QED) is 0.633. The van der Waals surface area contributed by atoms with Crippen LogP contribution in [0.2, 0.25) is 0 Å². The van der Waals surface area contributed by atoms with Gasteiger partial charge in [0.1, 0.15) is 12.4 Å². The van der Waals surface area contributed by atoms with Gasteiger partial charge in [-0.05, 0) is 19.3 Å². The van der Waals surface area contributed by atoms with Crippen molar-refractivity contribution in [1.29, 1.82) is 0 Å². The van der Waals surface area contributed by atoms with Gasteiger partial charge < -0.3 is 19.5 Å². The smallest absolute Gasteiger partial charge is 0.218 e. The van der Waals surface area contributed by atoms with E-state index in [1.165, 1.54) is 0 Å². The summed E-state index contributed by atoms with van der Waals surface area (Å²) < 4.78 is 16.1. The third kappa shape index (κ3) is 7.82. The molecule has 1 aromatic rings. The van der Waals surface area contributed by atoms with Gasteiger partial charge in [-0.1, -0.05) is 13.8 Å². The number of nitrogens with zero attached hydrogens (tertiary/aromatic N) is 2. The lowest BCUT2D eigenvalue weighted by atomic mass is 10.2. The van der Waals surface area contributed by atoms with Gasteiger partial charge in [0.2, 0.25) is 5.88 Å². The Hall–Kier alpha value is -1.40. The Morgan fingerprint density at radius 3 is 2.76 bits per heavy atom. The van der Waals surface area contributed by atoms with E-state index in [4.69, 9.17) is 14.2 Å². The van der Waals surface area contributed by atoms with Crippen molar-refractivity contribution in [3.05, 3.63) is 11.9 Å². The molecule has 0 radical (unpaired) electrons. The molecule has 1 heterocycles. The average molecular weight is 297 g/mol.